The number of fused-ring (bicyclic) bond motifs is 1. The van der Waals surface area contributed by atoms with Gasteiger partial charge in [0.2, 0.25) is 0 Å². The molecule has 2 heteroatoms. The van der Waals surface area contributed by atoms with Crippen LogP contribution in [0, 0.1) is 0 Å². The Labute approximate surface area is 98.3 Å². The summed E-state index contributed by atoms with van der Waals surface area (Å²) in [4.78, 5) is 0. The maximum absolute atomic E-state index is 4.23. The largest absolute Gasteiger partial charge is 0.268 e. The molecule has 2 nitrogen and oxygen atoms in total. The first kappa shape index (κ1) is 12.8. The smallest absolute Gasteiger partial charge is 0.0679 e. The van der Waals surface area contributed by atoms with Crippen molar-refractivity contribution < 1.29 is 0 Å². The zero-order chi connectivity index (χ0) is 12.0. The fourth-order valence-corrected chi connectivity index (χ4v) is 1.75. The highest BCUT2D eigenvalue weighted by atomic mass is 15.2. The monoisotopic (exact) mass is 218 g/mol. The van der Waals surface area contributed by atoms with E-state index in [2.05, 4.69) is 30.2 Å². The van der Waals surface area contributed by atoms with Crippen LogP contribution in [0.5, 0.6) is 0 Å². The van der Waals surface area contributed by atoms with Crippen molar-refractivity contribution in [3.05, 3.63) is 30.0 Å². The Bertz CT molecular complexity index is 429. The molecule has 0 fully saturated rings. The first-order valence-corrected chi connectivity index (χ1v) is 6.22. The van der Waals surface area contributed by atoms with Gasteiger partial charge < -0.3 is 0 Å². The molecule has 88 valence electrons. The van der Waals surface area contributed by atoms with Gasteiger partial charge in [-0.1, -0.05) is 33.3 Å². The van der Waals surface area contributed by atoms with Crippen LogP contribution in [0.2, 0.25) is 0 Å². The van der Waals surface area contributed by atoms with E-state index in [1.807, 2.05) is 31.8 Å². The van der Waals surface area contributed by atoms with Crippen molar-refractivity contribution in [3.63, 3.8) is 0 Å². The van der Waals surface area contributed by atoms with Crippen molar-refractivity contribution >= 4 is 10.9 Å². The second kappa shape index (κ2) is 6.31. The Morgan fingerprint density at radius 2 is 2.00 bits per heavy atom. The zero-order valence-electron chi connectivity index (χ0n) is 10.8. The van der Waals surface area contributed by atoms with Crippen LogP contribution in [0.3, 0.4) is 0 Å². The van der Waals surface area contributed by atoms with Crippen molar-refractivity contribution in [2.75, 3.05) is 0 Å². The second-order valence-corrected chi connectivity index (χ2v) is 3.76. The molecule has 0 radical (unpaired) electrons. The Morgan fingerprint density at radius 1 is 1.25 bits per heavy atom. The van der Waals surface area contributed by atoms with Crippen molar-refractivity contribution in [3.8, 4) is 0 Å². The van der Waals surface area contributed by atoms with E-state index < -0.39 is 0 Å². The molecule has 0 N–H and O–H groups in total. The first-order chi connectivity index (χ1) is 7.81. The van der Waals surface area contributed by atoms with Gasteiger partial charge in [0, 0.05) is 12.4 Å². The van der Waals surface area contributed by atoms with Gasteiger partial charge in [-0.3, -0.25) is 4.68 Å². The van der Waals surface area contributed by atoms with Gasteiger partial charge in [0.15, 0.2) is 0 Å². The van der Waals surface area contributed by atoms with Gasteiger partial charge in [0.1, 0.15) is 0 Å². The standard InChI is InChI=1S/C12H16N2.C2H6/c1-3-4-5-10-6-7-12-11(8-10)9-13-14(12)2;1-2/h6-9H,3-5H2,1-2H3;1-2H3. The predicted molar refractivity (Wildman–Crippen MR) is 70.7 cm³/mol. The lowest BCUT2D eigenvalue weighted by Crippen LogP contribution is -1.89. The molecule has 0 aliphatic heterocycles. The van der Waals surface area contributed by atoms with Gasteiger partial charge in [0.25, 0.3) is 0 Å². The van der Waals surface area contributed by atoms with E-state index in [1.165, 1.54) is 35.7 Å². The van der Waals surface area contributed by atoms with Gasteiger partial charge in [0.05, 0.1) is 11.7 Å². The predicted octanol–water partition coefficient (Wildman–Crippen LogP) is 3.94. The van der Waals surface area contributed by atoms with E-state index in [9.17, 15) is 0 Å². The number of aromatic nitrogens is 2. The van der Waals surface area contributed by atoms with Crippen molar-refractivity contribution in [1.82, 2.24) is 9.78 Å². The SMILES string of the molecule is CC.CCCCc1ccc2c(cnn2C)c1. The van der Waals surface area contributed by atoms with Crippen LogP contribution in [0.1, 0.15) is 39.2 Å². The van der Waals surface area contributed by atoms with Gasteiger partial charge in [-0.05, 0) is 30.5 Å². The summed E-state index contributed by atoms with van der Waals surface area (Å²) >= 11 is 0. The Kier molecular flexibility index (Phi) is 5.03. The van der Waals surface area contributed by atoms with E-state index in [1.54, 1.807) is 0 Å². The molecule has 0 amide bonds. The first-order valence-electron chi connectivity index (χ1n) is 6.22. The third-order valence-corrected chi connectivity index (χ3v) is 2.63. The van der Waals surface area contributed by atoms with Crippen LogP contribution >= 0.6 is 0 Å². The summed E-state index contributed by atoms with van der Waals surface area (Å²) in [6.45, 7) is 6.22. The fraction of sp³-hybridized carbons (Fsp3) is 0.500. The molecule has 0 spiro atoms. The van der Waals surface area contributed by atoms with Gasteiger partial charge in [-0.15, -0.1) is 0 Å². The molecule has 16 heavy (non-hydrogen) atoms. The van der Waals surface area contributed by atoms with E-state index in [0.717, 1.165) is 0 Å². The van der Waals surface area contributed by atoms with E-state index in [0.29, 0.717) is 0 Å². The second-order valence-electron chi connectivity index (χ2n) is 3.76. The molecule has 1 aromatic carbocycles. The minimum atomic E-state index is 1.18. The Morgan fingerprint density at radius 3 is 2.69 bits per heavy atom. The summed E-state index contributed by atoms with van der Waals surface area (Å²) < 4.78 is 1.92. The van der Waals surface area contributed by atoms with Crippen LogP contribution in [0.4, 0.5) is 0 Å². The number of unbranched alkanes of at least 4 members (excludes halogenated alkanes) is 1. The lowest BCUT2D eigenvalue weighted by atomic mass is 10.1. The molecular weight excluding hydrogens is 196 g/mol. The summed E-state index contributed by atoms with van der Waals surface area (Å²) in [5, 5.41) is 5.48. The number of benzene rings is 1. The van der Waals surface area contributed by atoms with E-state index in [4.69, 9.17) is 0 Å². The molecule has 0 atom stereocenters. The van der Waals surface area contributed by atoms with Crippen molar-refractivity contribution in [2.24, 2.45) is 7.05 Å². The van der Waals surface area contributed by atoms with E-state index in [-0.39, 0.29) is 0 Å². The minimum absolute atomic E-state index is 1.18. The molecule has 1 heterocycles. The number of aryl methyl sites for hydroxylation is 2. The third-order valence-electron chi connectivity index (χ3n) is 2.63. The molecule has 0 saturated heterocycles. The summed E-state index contributed by atoms with van der Waals surface area (Å²) in [7, 11) is 1.98. The fourth-order valence-electron chi connectivity index (χ4n) is 1.75. The van der Waals surface area contributed by atoms with Gasteiger partial charge >= 0.3 is 0 Å². The van der Waals surface area contributed by atoms with Crippen molar-refractivity contribution in [2.45, 2.75) is 40.0 Å². The highest BCUT2D eigenvalue weighted by Crippen LogP contribution is 2.16. The molecule has 0 bridgehead atoms. The van der Waals surface area contributed by atoms with Crippen LogP contribution in [0.25, 0.3) is 10.9 Å². The molecule has 0 unspecified atom stereocenters. The Balaban J connectivity index is 0.000000606. The van der Waals surface area contributed by atoms with Crippen LogP contribution in [-0.4, -0.2) is 9.78 Å². The summed E-state index contributed by atoms with van der Waals surface area (Å²) in [6, 6.07) is 6.62. The zero-order valence-corrected chi connectivity index (χ0v) is 10.8. The van der Waals surface area contributed by atoms with Crippen molar-refractivity contribution in [1.29, 1.82) is 0 Å². The van der Waals surface area contributed by atoms with Crippen LogP contribution in [-0.2, 0) is 13.5 Å². The van der Waals surface area contributed by atoms with Gasteiger partial charge in [-0.2, -0.15) is 5.10 Å². The number of rotatable bonds is 3. The normalized spacial score (nSPS) is 10.0. The average Bonchev–Trinajstić information content (AvgIpc) is 2.71. The summed E-state index contributed by atoms with van der Waals surface area (Å²) in [5.41, 5.74) is 2.64. The molecule has 0 saturated carbocycles. The molecule has 0 aliphatic rings. The summed E-state index contributed by atoms with van der Waals surface area (Å²) in [5.74, 6) is 0. The topological polar surface area (TPSA) is 17.8 Å². The van der Waals surface area contributed by atoms with Crippen LogP contribution in [0.15, 0.2) is 24.4 Å². The molecule has 2 aromatic rings. The Hall–Kier alpha value is -1.31. The summed E-state index contributed by atoms with van der Waals surface area (Å²) in [6.07, 6.45) is 5.64. The number of nitrogens with zero attached hydrogens (tertiary/aromatic N) is 2. The highest BCUT2D eigenvalue weighted by molar-refractivity contribution is 5.79. The number of hydrogen-bond acceptors (Lipinski definition) is 1. The maximum Gasteiger partial charge on any atom is 0.0679 e. The maximum atomic E-state index is 4.23. The lowest BCUT2D eigenvalue weighted by Gasteiger charge is -2.00. The third kappa shape index (κ3) is 2.84. The minimum Gasteiger partial charge on any atom is -0.268 e. The molecular formula is C14H22N2. The quantitative estimate of drug-likeness (QED) is 0.763. The number of hydrogen-bond donors (Lipinski definition) is 0. The highest BCUT2D eigenvalue weighted by Gasteiger charge is 1.99. The van der Waals surface area contributed by atoms with Crippen LogP contribution < -0.4 is 0 Å². The van der Waals surface area contributed by atoms with Gasteiger partial charge in [-0.25, -0.2) is 0 Å². The lowest BCUT2D eigenvalue weighted by molar-refractivity contribution is 0.792. The molecule has 1 aromatic heterocycles. The molecule has 2 rings (SSSR count). The van der Waals surface area contributed by atoms with E-state index >= 15 is 0 Å². The molecule has 0 aliphatic carbocycles. The average molecular weight is 218 g/mol.